The Morgan fingerprint density at radius 3 is 2.14 bits per heavy atom. The van der Waals surface area contributed by atoms with Crippen molar-refractivity contribution in [2.45, 2.75) is 76.0 Å². The molecule has 0 aliphatic rings. The number of carbonyl (C=O) groups is 2. The molecule has 0 aliphatic heterocycles. The second-order valence-electron chi connectivity index (χ2n) is 6.90. The maximum Gasteiger partial charge on any atom is 0.436 e. The zero-order chi connectivity index (χ0) is 21.7. The third-order valence-electron chi connectivity index (χ3n) is 4.41. The number of carboxylic acid groups (broad SMARTS) is 1. The van der Waals surface area contributed by atoms with E-state index in [4.69, 9.17) is 5.11 Å². The first-order chi connectivity index (χ1) is 13.8. The number of nitrogens with zero attached hydrogens (tertiary/aromatic N) is 1. The zero-order valence-electron chi connectivity index (χ0n) is 17.0. The van der Waals surface area contributed by atoms with Gasteiger partial charge in [0, 0.05) is 17.1 Å². The first-order valence-electron chi connectivity index (χ1n) is 10.1. The Kier molecular flexibility index (Phi) is 12.2. The van der Waals surface area contributed by atoms with Gasteiger partial charge in [-0.1, -0.05) is 64.0 Å². The van der Waals surface area contributed by atoms with Gasteiger partial charge in [0.2, 0.25) is 5.91 Å². The maximum atomic E-state index is 12.6. The number of anilines is 1. The summed E-state index contributed by atoms with van der Waals surface area (Å²) >= 11 is 1.16. The van der Waals surface area contributed by atoms with Crippen LogP contribution in [0, 0.1) is 0 Å². The Bertz CT molecular complexity index is 693. The monoisotopic (exact) mass is 445 g/mol. The lowest BCUT2D eigenvalue weighted by Gasteiger charge is -2.25. The summed E-state index contributed by atoms with van der Waals surface area (Å²) in [4.78, 5) is 43.4. The predicted octanol–water partition coefficient (Wildman–Crippen LogP) is 5.21. The molecule has 0 aromatic heterocycles. The molecule has 0 saturated carbocycles. The molecule has 7 nitrogen and oxygen atoms in total. The number of amides is 1. The van der Waals surface area contributed by atoms with E-state index in [0.717, 1.165) is 31.0 Å². The van der Waals surface area contributed by atoms with Crippen molar-refractivity contribution in [3.63, 3.8) is 0 Å². The van der Waals surface area contributed by atoms with Gasteiger partial charge < -0.3 is 14.9 Å². The first kappa shape index (κ1) is 25.7. The van der Waals surface area contributed by atoms with Gasteiger partial charge in [0.05, 0.1) is 12.1 Å². The molecule has 29 heavy (non-hydrogen) atoms. The van der Waals surface area contributed by atoms with Gasteiger partial charge in [-0.3, -0.25) is 9.59 Å². The average molecular weight is 446 g/mol. The minimum atomic E-state index is -4.85. The van der Waals surface area contributed by atoms with E-state index in [-0.39, 0.29) is 24.3 Å². The summed E-state index contributed by atoms with van der Waals surface area (Å²) in [6, 6.07) is 6.40. The van der Waals surface area contributed by atoms with Crippen LogP contribution in [0.3, 0.4) is 0 Å². The standard InChI is InChI=1S/C20H32NO6PS/c1-2-3-4-5-6-7-8-9-14-19(22)21(28(25,26)27)17-12-10-11-13-18(17)29-16-15-20(23)24/h10-13H,2-9,14-16H2,1H3,(H,23,24)(H2,25,26,27). The van der Waals surface area contributed by atoms with Crippen LogP contribution in [0.2, 0.25) is 0 Å². The maximum absolute atomic E-state index is 12.6. The van der Waals surface area contributed by atoms with Crippen LogP contribution in [-0.4, -0.2) is 32.5 Å². The largest absolute Gasteiger partial charge is 0.481 e. The summed E-state index contributed by atoms with van der Waals surface area (Å²) in [6.45, 7) is 2.17. The van der Waals surface area contributed by atoms with E-state index in [1.807, 2.05) is 0 Å². The Labute approximate surface area is 177 Å². The van der Waals surface area contributed by atoms with Crippen molar-refractivity contribution in [3.05, 3.63) is 24.3 Å². The molecule has 1 rings (SSSR count). The Morgan fingerprint density at radius 2 is 1.55 bits per heavy atom. The molecular weight excluding hydrogens is 413 g/mol. The van der Waals surface area contributed by atoms with Crippen LogP contribution in [-0.2, 0) is 14.2 Å². The number of thioether (sulfide) groups is 1. The van der Waals surface area contributed by atoms with Crippen LogP contribution in [0.25, 0.3) is 0 Å². The Hall–Kier alpha value is -1.34. The molecule has 3 N–H and O–H groups in total. The number of unbranched alkanes of at least 4 members (excludes halogenated alkanes) is 7. The van der Waals surface area contributed by atoms with Crippen molar-refractivity contribution < 1.29 is 29.0 Å². The van der Waals surface area contributed by atoms with Crippen LogP contribution in [0.1, 0.15) is 71.1 Å². The molecule has 0 unspecified atom stereocenters. The number of benzene rings is 1. The molecule has 0 atom stereocenters. The highest BCUT2D eigenvalue weighted by atomic mass is 32.2. The van der Waals surface area contributed by atoms with Gasteiger partial charge in [0.1, 0.15) is 0 Å². The normalized spacial score (nSPS) is 11.4. The van der Waals surface area contributed by atoms with Crippen LogP contribution < -0.4 is 4.67 Å². The predicted molar refractivity (Wildman–Crippen MR) is 116 cm³/mol. The highest BCUT2D eigenvalue weighted by Gasteiger charge is 2.33. The smallest absolute Gasteiger partial charge is 0.436 e. The average Bonchev–Trinajstić information content (AvgIpc) is 2.64. The molecule has 0 saturated heterocycles. The molecule has 164 valence electrons. The molecule has 9 heteroatoms. The van der Waals surface area contributed by atoms with E-state index in [2.05, 4.69) is 6.92 Å². The number of carboxylic acids is 1. The topological polar surface area (TPSA) is 115 Å². The lowest BCUT2D eigenvalue weighted by atomic mass is 10.1. The fraction of sp³-hybridized carbons (Fsp3) is 0.600. The highest BCUT2D eigenvalue weighted by Crippen LogP contribution is 2.47. The minimum absolute atomic E-state index is 0.0637. The van der Waals surface area contributed by atoms with Gasteiger partial charge in [-0.2, -0.15) is 0 Å². The number of carbonyl (C=O) groups excluding carboxylic acids is 1. The lowest BCUT2D eigenvalue weighted by Crippen LogP contribution is -2.28. The molecule has 0 aliphatic carbocycles. The first-order valence-corrected chi connectivity index (χ1v) is 12.6. The molecule has 0 bridgehead atoms. The van der Waals surface area contributed by atoms with Crippen molar-refractivity contribution in [2.75, 3.05) is 10.4 Å². The molecule has 0 fully saturated rings. The van der Waals surface area contributed by atoms with E-state index in [1.165, 1.54) is 31.7 Å². The molecule has 1 amide bonds. The van der Waals surface area contributed by atoms with Crippen LogP contribution in [0.15, 0.2) is 29.2 Å². The van der Waals surface area contributed by atoms with Crippen molar-refractivity contribution in [2.24, 2.45) is 0 Å². The number of aliphatic carboxylic acids is 1. The van der Waals surface area contributed by atoms with E-state index in [0.29, 0.717) is 16.0 Å². The fourth-order valence-corrected chi connectivity index (χ4v) is 4.83. The van der Waals surface area contributed by atoms with Crippen molar-refractivity contribution in [1.29, 1.82) is 0 Å². The summed E-state index contributed by atoms with van der Waals surface area (Å²) in [5.74, 6) is -1.32. The quantitative estimate of drug-likeness (QED) is 0.193. The lowest BCUT2D eigenvalue weighted by molar-refractivity contribution is -0.136. The highest BCUT2D eigenvalue weighted by molar-refractivity contribution is 7.99. The zero-order valence-corrected chi connectivity index (χ0v) is 18.7. The Balaban J connectivity index is 2.69. The van der Waals surface area contributed by atoms with E-state index in [1.54, 1.807) is 18.2 Å². The molecule has 0 heterocycles. The van der Waals surface area contributed by atoms with Crippen LogP contribution >= 0.6 is 19.5 Å². The van der Waals surface area contributed by atoms with Crippen LogP contribution in [0.5, 0.6) is 0 Å². The van der Waals surface area contributed by atoms with Crippen molar-refractivity contribution in [3.8, 4) is 0 Å². The van der Waals surface area contributed by atoms with Gasteiger partial charge >= 0.3 is 13.7 Å². The van der Waals surface area contributed by atoms with Gasteiger partial charge in [-0.25, -0.2) is 9.24 Å². The summed E-state index contributed by atoms with van der Waals surface area (Å²) in [6.07, 6.45) is 8.36. The second-order valence-corrected chi connectivity index (χ2v) is 9.47. The number of hydrogen-bond donors (Lipinski definition) is 3. The summed E-state index contributed by atoms with van der Waals surface area (Å²) < 4.78 is 12.6. The second kappa shape index (κ2) is 13.8. The van der Waals surface area contributed by atoms with Crippen molar-refractivity contribution >= 4 is 37.1 Å². The van der Waals surface area contributed by atoms with Gasteiger partial charge in [0.25, 0.3) is 0 Å². The third-order valence-corrected chi connectivity index (χ3v) is 6.43. The molecule has 1 aromatic carbocycles. The molecular formula is C20H32NO6PS. The minimum Gasteiger partial charge on any atom is -0.481 e. The van der Waals surface area contributed by atoms with Gasteiger partial charge in [-0.15, -0.1) is 11.8 Å². The number of rotatable bonds is 15. The van der Waals surface area contributed by atoms with Gasteiger partial charge in [0.15, 0.2) is 0 Å². The fourth-order valence-electron chi connectivity index (χ4n) is 2.94. The van der Waals surface area contributed by atoms with Gasteiger partial charge in [-0.05, 0) is 18.6 Å². The van der Waals surface area contributed by atoms with E-state index in [9.17, 15) is 23.9 Å². The van der Waals surface area contributed by atoms with Crippen molar-refractivity contribution in [1.82, 2.24) is 0 Å². The summed E-state index contributed by atoms with van der Waals surface area (Å²) in [5, 5.41) is 8.79. The molecule has 1 aromatic rings. The summed E-state index contributed by atoms with van der Waals surface area (Å²) in [5.41, 5.74) is 0.126. The molecule has 0 spiro atoms. The third kappa shape index (κ3) is 10.3. The Morgan fingerprint density at radius 1 is 0.966 bits per heavy atom. The number of hydrogen-bond acceptors (Lipinski definition) is 4. The molecule has 0 radical (unpaired) electrons. The summed E-state index contributed by atoms with van der Waals surface area (Å²) in [7, 11) is -4.85. The van der Waals surface area contributed by atoms with E-state index < -0.39 is 19.6 Å². The van der Waals surface area contributed by atoms with E-state index >= 15 is 0 Å². The number of para-hydroxylation sites is 1. The SMILES string of the molecule is CCCCCCCCCCC(=O)N(c1ccccc1SCCC(=O)O)P(=O)(O)O. The van der Waals surface area contributed by atoms with Crippen LogP contribution in [0.4, 0.5) is 5.69 Å².